The second-order valence-electron chi connectivity index (χ2n) is 9.76. The fraction of sp³-hybridized carbons (Fsp3) is 0.241. The number of aryl methyl sites for hydroxylation is 1. The Morgan fingerprint density at radius 3 is 1.78 bits per heavy atom. The van der Waals surface area contributed by atoms with Gasteiger partial charge in [0.05, 0.1) is 17.6 Å². The third-order valence-corrected chi connectivity index (χ3v) is 6.22. The first-order chi connectivity index (χ1) is 21.8. The number of hydrogen-bond acceptors (Lipinski definition) is 12. The minimum absolute atomic E-state index is 0.0148. The summed E-state index contributed by atoms with van der Waals surface area (Å²) in [5.41, 5.74) is 1.22. The highest BCUT2D eigenvalue weighted by Crippen LogP contribution is 2.37. The van der Waals surface area contributed by atoms with E-state index in [0.717, 1.165) is 21.6 Å². The first kappa shape index (κ1) is 32.6. The molecule has 0 amide bonds. The van der Waals surface area contributed by atoms with Gasteiger partial charge in [-0.15, -0.1) is 0 Å². The lowest BCUT2D eigenvalue weighted by atomic mass is 10.2. The molecular formula is C29H27N3O14. The molecule has 2 heterocycles. The summed E-state index contributed by atoms with van der Waals surface area (Å²) in [5.74, 6) is -6.82. The molecule has 0 fully saturated rings. The van der Waals surface area contributed by atoms with Gasteiger partial charge < -0.3 is 53.6 Å². The van der Waals surface area contributed by atoms with Crippen LogP contribution in [0.1, 0.15) is 16.1 Å². The number of ether oxygens (including phenoxy) is 2. The summed E-state index contributed by atoms with van der Waals surface area (Å²) >= 11 is 0. The summed E-state index contributed by atoms with van der Waals surface area (Å²) in [6, 6.07) is 9.04. The molecule has 17 nitrogen and oxygen atoms in total. The maximum atomic E-state index is 11.6. The average Bonchev–Trinajstić information content (AvgIpc) is 3.61. The molecule has 0 radical (unpaired) electrons. The molecule has 4 aromatic rings. The van der Waals surface area contributed by atoms with Crippen molar-refractivity contribution in [1.29, 1.82) is 0 Å². The van der Waals surface area contributed by atoms with Crippen LogP contribution in [0.15, 0.2) is 51.4 Å². The second kappa shape index (κ2) is 14.0. The van der Waals surface area contributed by atoms with Crippen LogP contribution < -0.4 is 19.3 Å². The van der Waals surface area contributed by atoms with E-state index in [2.05, 4.69) is 4.98 Å². The molecule has 2 aromatic heterocycles. The summed E-state index contributed by atoms with van der Waals surface area (Å²) < 4.78 is 22.7. The van der Waals surface area contributed by atoms with E-state index in [1.165, 1.54) is 24.3 Å². The maximum absolute atomic E-state index is 11.6. The number of furan rings is 1. The largest absolute Gasteiger partial charge is 0.488 e. The number of rotatable bonds is 17. The predicted octanol–water partition coefficient (Wildman–Crippen LogP) is 2.50. The fourth-order valence-electron chi connectivity index (χ4n) is 4.42. The third kappa shape index (κ3) is 8.22. The van der Waals surface area contributed by atoms with Gasteiger partial charge in [-0.3, -0.25) is 19.2 Å². The van der Waals surface area contributed by atoms with E-state index in [-0.39, 0.29) is 53.3 Å². The lowest BCUT2D eigenvalue weighted by molar-refractivity contribution is -0.138. The summed E-state index contributed by atoms with van der Waals surface area (Å²) in [6.45, 7) is -1.20. The highest BCUT2D eigenvalue weighted by molar-refractivity contribution is 5.91. The molecule has 0 unspecified atom stereocenters. The quantitative estimate of drug-likeness (QED) is 0.104. The Labute approximate surface area is 258 Å². The topological polar surface area (TPSA) is 251 Å². The van der Waals surface area contributed by atoms with Crippen LogP contribution in [0.5, 0.6) is 11.5 Å². The van der Waals surface area contributed by atoms with E-state index in [4.69, 9.17) is 23.4 Å². The fourth-order valence-corrected chi connectivity index (χ4v) is 4.42. The zero-order valence-corrected chi connectivity index (χ0v) is 24.0. The molecule has 5 N–H and O–H groups in total. The van der Waals surface area contributed by atoms with Crippen LogP contribution in [0.4, 0.5) is 11.4 Å². The smallest absolute Gasteiger partial charge is 0.373 e. The molecule has 2 aromatic carbocycles. The molecule has 0 aliphatic carbocycles. The Kier molecular flexibility index (Phi) is 9.95. The minimum Gasteiger partial charge on any atom is -0.488 e. The SMILES string of the molecule is Cc1ccc(N(CC(=O)O)CC(=O)O)c(OCCOc2cc3oc(-c4ncc(C(=O)O)o4)cc3cc2N(CC(=O)O)CC(=O)O)c1. The Balaban J connectivity index is 1.63. The van der Waals surface area contributed by atoms with Crippen LogP contribution in [-0.2, 0) is 19.2 Å². The maximum Gasteiger partial charge on any atom is 0.373 e. The number of aliphatic carboxylic acids is 4. The number of hydrogen-bond donors (Lipinski definition) is 5. The number of carbonyl (C=O) groups is 5. The van der Waals surface area contributed by atoms with Gasteiger partial charge in [-0.05, 0) is 36.8 Å². The van der Waals surface area contributed by atoms with Crippen molar-refractivity contribution in [2.45, 2.75) is 6.92 Å². The number of carboxylic acid groups (broad SMARTS) is 5. The third-order valence-electron chi connectivity index (χ3n) is 6.22. The molecule has 0 bridgehead atoms. The van der Waals surface area contributed by atoms with Crippen molar-refractivity contribution in [2.24, 2.45) is 0 Å². The molecule has 0 atom stereocenters. The van der Waals surface area contributed by atoms with Crippen LogP contribution in [0.3, 0.4) is 0 Å². The van der Waals surface area contributed by atoms with E-state index < -0.39 is 61.8 Å². The number of aromatic carboxylic acids is 1. The first-order valence-corrected chi connectivity index (χ1v) is 13.3. The van der Waals surface area contributed by atoms with Crippen molar-refractivity contribution in [3.05, 3.63) is 53.9 Å². The second-order valence-corrected chi connectivity index (χ2v) is 9.76. The van der Waals surface area contributed by atoms with Crippen LogP contribution in [0.25, 0.3) is 22.6 Å². The van der Waals surface area contributed by atoms with Crippen molar-refractivity contribution in [3.8, 4) is 23.1 Å². The number of fused-ring (bicyclic) bond motifs is 1. The van der Waals surface area contributed by atoms with Crippen LogP contribution in [-0.4, -0.2) is 99.8 Å². The van der Waals surface area contributed by atoms with E-state index in [1.54, 1.807) is 19.1 Å². The number of nitrogens with zero attached hydrogens (tertiary/aromatic N) is 3. The van der Waals surface area contributed by atoms with Gasteiger partial charge in [-0.25, -0.2) is 9.78 Å². The lowest BCUT2D eigenvalue weighted by Crippen LogP contribution is -2.35. The van der Waals surface area contributed by atoms with Gasteiger partial charge in [0.2, 0.25) is 5.76 Å². The van der Waals surface area contributed by atoms with Gasteiger partial charge in [0.15, 0.2) is 5.76 Å². The Hall–Kier alpha value is -6.26. The standard InChI is InChI=1S/C29H27N3O14/c1-15-2-3-17(31(11-24(33)34)12-25(35)36)20(6-15)43-4-5-44-21-9-19-16(7-18(21)32(13-26(37)38)14-27(39)40)8-22(45-19)28-30-10-23(46-28)29(41)42/h2-3,6-10H,4-5,11-14H2,1H3,(H,33,34)(H,35,36)(H,37,38)(H,39,40)(H,41,42). The van der Waals surface area contributed by atoms with Crippen molar-refractivity contribution >= 4 is 52.2 Å². The summed E-state index contributed by atoms with van der Waals surface area (Å²) in [6.07, 6.45) is 0.995. The van der Waals surface area contributed by atoms with Gasteiger partial charge in [-0.2, -0.15) is 0 Å². The molecule has 0 spiro atoms. The number of aromatic nitrogens is 1. The van der Waals surface area contributed by atoms with Crippen molar-refractivity contribution in [2.75, 3.05) is 49.2 Å². The molecule has 0 saturated heterocycles. The monoisotopic (exact) mass is 641 g/mol. The van der Waals surface area contributed by atoms with E-state index in [9.17, 15) is 44.4 Å². The Bertz CT molecular complexity index is 1760. The highest BCUT2D eigenvalue weighted by Gasteiger charge is 2.23. The molecule has 4 rings (SSSR count). The van der Waals surface area contributed by atoms with Crippen molar-refractivity contribution in [1.82, 2.24) is 4.98 Å². The summed E-state index contributed by atoms with van der Waals surface area (Å²) in [4.78, 5) is 63.2. The first-order valence-electron chi connectivity index (χ1n) is 13.3. The van der Waals surface area contributed by atoms with Gasteiger partial charge in [0, 0.05) is 11.5 Å². The van der Waals surface area contributed by atoms with Crippen LogP contribution in [0, 0.1) is 6.92 Å². The number of oxazole rings is 1. The van der Waals surface area contributed by atoms with Crippen LogP contribution in [0.2, 0.25) is 0 Å². The minimum atomic E-state index is -1.35. The molecule has 17 heteroatoms. The zero-order valence-electron chi connectivity index (χ0n) is 24.0. The molecule has 0 aliphatic rings. The molecule has 0 saturated carbocycles. The molecule has 0 aliphatic heterocycles. The van der Waals surface area contributed by atoms with Crippen LogP contribution >= 0.6 is 0 Å². The van der Waals surface area contributed by atoms with E-state index in [0.29, 0.717) is 5.39 Å². The average molecular weight is 642 g/mol. The lowest BCUT2D eigenvalue weighted by Gasteiger charge is -2.25. The summed E-state index contributed by atoms with van der Waals surface area (Å²) in [7, 11) is 0. The molecule has 46 heavy (non-hydrogen) atoms. The summed E-state index contributed by atoms with van der Waals surface area (Å²) in [5, 5.41) is 46.9. The molecule has 242 valence electrons. The zero-order chi connectivity index (χ0) is 33.5. The Morgan fingerprint density at radius 1 is 0.717 bits per heavy atom. The van der Waals surface area contributed by atoms with Gasteiger partial charge in [0.25, 0.3) is 5.89 Å². The van der Waals surface area contributed by atoms with Gasteiger partial charge in [0.1, 0.15) is 56.5 Å². The number of anilines is 2. The van der Waals surface area contributed by atoms with E-state index >= 15 is 0 Å². The normalized spacial score (nSPS) is 10.8. The predicted molar refractivity (Wildman–Crippen MR) is 156 cm³/mol. The Morgan fingerprint density at radius 2 is 1.26 bits per heavy atom. The van der Waals surface area contributed by atoms with Gasteiger partial charge >= 0.3 is 29.8 Å². The number of benzene rings is 2. The number of carboxylic acids is 5. The molecular weight excluding hydrogens is 614 g/mol. The van der Waals surface area contributed by atoms with Crippen molar-refractivity contribution in [3.63, 3.8) is 0 Å². The van der Waals surface area contributed by atoms with Gasteiger partial charge in [-0.1, -0.05) is 6.07 Å². The highest BCUT2D eigenvalue weighted by atomic mass is 16.5. The van der Waals surface area contributed by atoms with E-state index in [1.807, 2.05) is 0 Å². The van der Waals surface area contributed by atoms with Crippen molar-refractivity contribution < 1.29 is 67.8 Å².